The molecule has 0 spiro atoms. The molecular formula is C16H26N2O3S. The molecule has 1 aromatic rings. The predicted octanol–water partition coefficient (Wildman–Crippen LogP) is 2.17. The molecule has 0 radical (unpaired) electrons. The molecule has 0 atom stereocenters. The van der Waals surface area contributed by atoms with Crippen LogP contribution in [-0.2, 0) is 14.8 Å². The molecule has 0 saturated heterocycles. The van der Waals surface area contributed by atoms with E-state index < -0.39 is 10.0 Å². The van der Waals surface area contributed by atoms with Crippen molar-refractivity contribution in [2.75, 3.05) is 20.1 Å². The highest BCUT2D eigenvalue weighted by atomic mass is 32.2. The van der Waals surface area contributed by atoms with E-state index in [9.17, 15) is 13.2 Å². The van der Waals surface area contributed by atoms with Crippen molar-refractivity contribution in [3.05, 3.63) is 29.8 Å². The number of nitrogens with zero attached hydrogens (tertiary/aromatic N) is 1. The number of aryl methyl sites for hydroxylation is 1. The van der Waals surface area contributed by atoms with Crippen molar-refractivity contribution >= 4 is 15.9 Å². The molecule has 1 aromatic carbocycles. The molecule has 22 heavy (non-hydrogen) atoms. The Hall–Kier alpha value is -1.40. The van der Waals surface area contributed by atoms with Crippen molar-refractivity contribution in [2.45, 2.75) is 39.0 Å². The van der Waals surface area contributed by atoms with E-state index in [0.29, 0.717) is 13.0 Å². The van der Waals surface area contributed by atoms with Gasteiger partial charge in [-0.25, -0.2) is 8.42 Å². The molecule has 0 aliphatic heterocycles. The third kappa shape index (κ3) is 5.77. The lowest BCUT2D eigenvalue weighted by atomic mass is 9.92. The molecule has 0 saturated carbocycles. The molecule has 0 aromatic heterocycles. The number of sulfonamides is 1. The van der Waals surface area contributed by atoms with E-state index in [2.05, 4.69) is 5.32 Å². The number of amides is 1. The van der Waals surface area contributed by atoms with Crippen molar-refractivity contribution in [3.8, 4) is 0 Å². The average molecular weight is 326 g/mol. The minimum atomic E-state index is -3.51. The number of carbonyl (C=O) groups is 1. The lowest BCUT2D eigenvalue weighted by Gasteiger charge is -2.20. The maximum atomic E-state index is 12.4. The highest BCUT2D eigenvalue weighted by Crippen LogP contribution is 2.18. The molecule has 0 bridgehead atoms. The first-order valence-electron chi connectivity index (χ1n) is 7.32. The van der Waals surface area contributed by atoms with Crippen LogP contribution in [0.2, 0.25) is 0 Å². The molecule has 0 heterocycles. The summed E-state index contributed by atoms with van der Waals surface area (Å²) < 4.78 is 26.0. The molecule has 5 nitrogen and oxygen atoms in total. The number of nitrogens with one attached hydrogen (secondary N) is 1. The summed E-state index contributed by atoms with van der Waals surface area (Å²) in [4.78, 5) is 12.0. The first-order chi connectivity index (χ1) is 10.0. The fourth-order valence-corrected chi connectivity index (χ4v) is 3.08. The molecule has 0 aliphatic carbocycles. The molecule has 1 amide bonds. The van der Waals surface area contributed by atoms with Crippen LogP contribution in [0.15, 0.2) is 29.2 Å². The van der Waals surface area contributed by atoms with Crippen molar-refractivity contribution in [1.29, 1.82) is 0 Å². The van der Waals surface area contributed by atoms with Crippen LogP contribution in [0.4, 0.5) is 0 Å². The van der Waals surface area contributed by atoms with Gasteiger partial charge in [0.2, 0.25) is 15.9 Å². The van der Waals surface area contributed by atoms with Gasteiger partial charge in [-0.3, -0.25) is 4.79 Å². The van der Waals surface area contributed by atoms with Gasteiger partial charge in [0.05, 0.1) is 4.90 Å². The largest absolute Gasteiger partial charge is 0.355 e. The minimum Gasteiger partial charge on any atom is -0.355 e. The topological polar surface area (TPSA) is 66.5 Å². The molecule has 6 heteroatoms. The van der Waals surface area contributed by atoms with Gasteiger partial charge in [-0.15, -0.1) is 0 Å². The van der Waals surface area contributed by atoms with E-state index in [1.165, 1.54) is 11.4 Å². The number of hydrogen-bond acceptors (Lipinski definition) is 3. The van der Waals surface area contributed by atoms with Crippen molar-refractivity contribution in [2.24, 2.45) is 5.41 Å². The standard InChI is InChI=1S/C16H26N2O3S/c1-13-6-8-14(9-7-13)22(20,21)18(5)11-10-17-15(19)12-16(2,3)4/h6-9H,10-12H2,1-5H3,(H,17,19). The van der Waals surface area contributed by atoms with Crippen molar-refractivity contribution < 1.29 is 13.2 Å². The molecule has 0 unspecified atom stereocenters. The second-order valence-electron chi connectivity index (χ2n) is 6.73. The van der Waals surface area contributed by atoms with Gasteiger partial charge in [-0.1, -0.05) is 38.5 Å². The summed E-state index contributed by atoms with van der Waals surface area (Å²) in [6.45, 7) is 8.41. The summed E-state index contributed by atoms with van der Waals surface area (Å²) in [5.41, 5.74) is 0.931. The number of hydrogen-bond donors (Lipinski definition) is 1. The van der Waals surface area contributed by atoms with Gasteiger partial charge >= 0.3 is 0 Å². The fourth-order valence-electron chi connectivity index (χ4n) is 1.91. The van der Waals surface area contributed by atoms with Crippen molar-refractivity contribution in [1.82, 2.24) is 9.62 Å². The Labute approximate surface area is 133 Å². The normalized spacial score (nSPS) is 12.5. The summed E-state index contributed by atoms with van der Waals surface area (Å²) in [6, 6.07) is 6.73. The zero-order valence-electron chi connectivity index (χ0n) is 14.0. The number of rotatable bonds is 6. The zero-order chi connectivity index (χ0) is 17.0. The molecule has 0 aliphatic rings. The highest BCUT2D eigenvalue weighted by molar-refractivity contribution is 7.89. The minimum absolute atomic E-state index is 0.0615. The Balaban J connectivity index is 2.56. The second-order valence-corrected chi connectivity index (χ2v) is 8.77. The second kappa shape index (κ2) is 7.24. The molecule has 0 fully saturated rings. The van der Waals surface area contributed by atoms with Crippen LogP contribution in [0.5, 0.6) is 0 Å². The van der Waals surface area contributed by atoms with Crippen LogP contribution in [0.25, 0.3) is 0 Å². The Morgan fingerprint density at radius 1 is 1.18 bits per heavy atom. The van der Waals surface area contributed by atoms with Crippen LogP contribution in [0.1, 0.15) is 32.8 Å². The zero-order valence-corrected chi connectivity index (χ0v) is 14.8. The van der Waals surface area contributed by atoms with Gasteiger partial charge < -0.3 is 5.32 Å². The number of carbonyl (C=O) groups excluding carboxylic acids is 1. The maximum absolute atomic E-state index is 12.4. The van der Waals surface area contributed by atoms with E-state index in [4.69, 9.17) is 0 Å². The molecule has 1 N–H and O–H groups in total. The first kappa shape index (κ1) is 18.6. The van der Waals surface area contributed by atoms with E-state index in [1.54, 1.807) is 24.3 Å². The van der Waals surface area contributed by atoms with E-state index in [0.717, 1.165) is 5.56 Å². The Bertz CT molecular complexity index is 601. The van der Waals surface area contributed by atoms with Crippen LogP contribution in [0.3, 0.4) is 0 Å². The third-order valence-corrected chi connectivity index (χ3v) is 5.04. The van der Waals surface area contributed by atoms with Crippen molar-refractivity contribution in [3.63, 3.8) is 0 Å². The summed E-state index contributed by atoms with van der Waals surface area (Å²) >= 11 is 0. The summed E-state index contributed by atoms with van der Waals surface area (Å²) in [7, 11) is -1.99. The van der Waals surface area contributed by atoms with Gasteiger partial charge in [0.15, 0.2) is 0 Å². The van der Waals surface area contributed by atoms with Crippen LogP contribution in [0, 0.1) is 12.3 Å². The van der Waals surface area contributed by atoms with E-state index in [-0.39, 0.29) is 22.8 Å². The lowest BCUT2D eigenvalue weighted by Crippen LogP contribution is -2.37. The maximum Gasteiger partial charge on any atom is 0.242 e. The lowest BCUT2D eigenvalue weighted by molar-refractivity contribution is -0.122. The van der Waals surface area contributed by atoms with E-state index >= 15 is 0 Å². The smallest absolute Gasteiger partial charge is 0.242 e. The summed E-state index contributed by atoms with van der Waals surface area (Å²) in [5.74, 6) is -0.0615. The Kier molecular flexibility index (Phi) is 6.14. The average Bonchev–Trinajstić information content (AvgIpc) is 2.36. The van der Waals surface area contributed by atoms with Gasteiger partial charge in [-0.05, 0) is 24.5 Å². The van der Waals surface area contributed by atoms with Gasteiger partial charge in [0, 0.05) is 26.6 Å². The summed E-state index contributed by atoms with van der Waals surface area (Å²) in [5, 5.41) is 2.76. The quantitative estimate of drug-likeness (QED) is 0.871. The van der Waals surface area contributed by atoms with Gasteiger partial charge in [0.25, 0.3) is 0 Å². The monoisotopic (exact) mass is 326 g/mol. The molecule has 1 rings (SSSR count). The predicted molar refractivity (Wildman–Crippen MR) is 88.1 cm³/mol. The Morgan fingerprint density at radius 3 is 2.23 bits per heavy atom. The Morgan fingerprint density at radius 2 is 1.73 bits per heavy atom. The number of benzene rings is 1. The first-order valence-corrected chi connectivity index (χ1v) is 8.76. The fraction of sp³-hybridized carbons (Fsp3) is 0.562. The van der Waals surface area contributed by atoms with Gasteiger partial charge in [0.1, 0.15) is 0 Å². The van der Waals surface area contributed by atoms with Crippen LogP contribution in [-0.4, -0.2) is 38.8 Å². The van der Waals surface area contributed by atoms with Crippen LogP contribution < -0.4 is 5.32 Å². The summed E-state index contributed by atoms with van der Waals surface area (Å²) in [6.07, 6.45) is 0.418. The van der Waals surface area contributed by atoms with Crippen LogP contribution >= 0.6 is 0 Å². The van der Waals surface area contributed by atoms with E-state index in [1.807, 2.05) is 27.7 Å². The molecule has 124 valence electrons. The molecular weight excluding hydrogens is 300 g/mol. The third-order valence-electron chi connectivity index (χ3n) is 3.17. The SMILES string of the molecule is Cc1ccc(S(=O)(=O)N(C)CCNC(=O)CC(C)(C)C)cc1. The number of likely N-dealkylation sites (N-methyl/N-ethyl adjacent to an activating group) is 1. The highest BCUT2D eigenvalue weighted by Gasteiger charge is 2.21. The van der Waals surface area contributed by atoms with Gasteiger partial charge in [-0.2, -0.15) is 4.31 Å².